The molecule has 0 bridgehead atoms. The summed E-state index contributed by atoms with van der Waals surface area (Å²) in [6, 6.07) is 21.8. The summed E-state index contributed by atoms with van der Waals surface area (Å²) in [6.45, 7) is 0.437. The third-order valence-corrected chi connectivity index (χ3v) is 6.82. The van der Waals surface area contributed by atoms with Crippen LogP contribution >= 0.6 is 0 Å². The molecule has 4 aromatic rings. The number of imidazole rings is 1. The van der Waals surface area contributed by atoms with Gasteiger partial charge in [-0.2, -0.15) is 5.26 Å². The van der Waals surface area contributed by atoms with Crippen LogP contribution in [0, 0.1) is 17.1 Å². The number of ether oxygens (including phenoxy) is 1. The van der Waals surface area contributed by atoms with E-state index >= 15 is 4.39 Å². The Bertz CT molecular complexity index is 1600. The Balaban J connectivity index is 1.40. The number of para-hydroxylation sites is 1. The number of anilines is 1. The molecule has 2 N–H and O–H groups in total. The number of methoxy groups -OCH3 is 1. The van der Waals surface area contributed by atoms with Crippen LogP contribution in [0.2, 0.25) is 0 Å². The van der Waals surface area contributed by atoms with Gasteiger partial charge in [-0.15, -0.1) is 0 Å². The second-order valence-corrected chi connectivity index (χ2v) is 9.39. The normalized spacial score (nSPS) is 12.6. The summed E-state index contributed by atoms with van der Waals surface area (Å²) in [6.07, 6.45) is 4.21. The number of allylic oxidation sites excluding steroid dienone is 1. The van der Waals surface area contributed by atoms with Crippen molar-refractivity contribution in [3.8, 4) is 23.1 Å². The Hall–Kier alpha value is -5.10. The third-order valence-electron chi connectivity index (χ3n) is 6.82. The van der Waals surface area contributed by atoms with Gasteiger partial charge in [-0.25, -0.2) is 9.37 Å². The summed E-state index contributed by atoms with van der Waals surface area (Å²) in [4.78, 5) is 20.1. The number of halogens is 1. The number of fused-ring (bicyclic) bond motifs is 2. The van der Waals surface area contributed by atoms with Crippen LogP contribution in [0.15, 0.2) is 84.8 Å². The first-order valence-electron chi connectivity index (χ1n) is 12.9. The molecule has 1 amide bonds. The van der Waals surface area contributed by atoms with Crippen LogP contribution in [0.3, 0.4) is 0 Å². The van der Waals surface area contributed by atoms with Crippen molar-refractivity contribution in [1.82, 2.24) is 20.2 Å². The van der Waals surface area contributed by atoms with E-state index in [1.165, 1.54) is 6.07 Å². The summed E-state index contributed by atoms with van der Waals surface area (Å²) in [5, 5.41) is 15.3. The molecule has 40 heavy (non-hydrogen) atoms. The van der Waals surface area contributed by atoms with Crippen LogP contribution in [-0.4, -0.2) is 36.2 Å². The van der Waals surface area contributed by atoms with Crippen molar-refractivity contribution in [3.05, 3.63) is 113 Å². The highest BCUT2D eigenvalue weighted by molar-refractivity contribution is 5.95. The quantitative estimate of drug-likeness (QED) is 0.348. The zero-order valence-corrected chi connectivity index (χ0v) is 22.3. The molecule has 3 aromatic carbocycles. The Kier molecular flexibility index (Phi) is 7.78. The summed E-state index contributed by atoms with van der Waals surface area (Å²) in [7, 11) is 3.40. The zero-order chi connectivity index (χ0) is 28.1. The highest BCUT2D eigenvalue weighted by atomic mass is 19.1. The number of hydrogen-bond acceptors (Lipinski definition) is 6. The topological polar surface area (TPSA) is 95.2 Å². The minimum atomic E-state index is -0.375. The summed E-state index contributed by atoms with van der Waals surface area (Å²) in [5.74, 6) is 0.739. The van der Waals surface area contributed by atoms with Gasteiger partial charge in [-0.3, -0.25) is 4.79 Å². The molecule has 0 aliphatic carbocycles. The Labute approximate surface area is 232 Å². The first-order valence-corrected chi connectivity index (χ1v) is 12.9. The predicted octanol–water partition coefficient (Wildman–Crippen LogP) is 4.36. The maximum atomic E-state index is 15.1. The maximum absolute atomic E-state index is 15.1. The van der Waals surface area contributed by atoms with Gasteiger partial charge < -0.3 is 24.8 Å². The number of carbonyl (C=O) groups is 1. The van der Waals surface area contributed by atoms with E-state index in [1.54, 1.807) is 49.5 Å². The van der Waals surface area contributed by atoms with Crippen molar-refractivity contribution in [2.24, 2.45) is 0 Å². The monoisotopic (exact) mass is 536 g/mol. The lowest BCUT2D eigenvalue weighted by Gasteiger charge is -2.23. The van der Waals surface area contributed by atoms with Crippen LogP contribution in [0.4, 0.5) is 10.1 Å². The highest BCUT2D eigenvalue weighted by Gasteiger charge is 2.28. The second kappa shape index (κ2) is 11.7. The molecular weight excluding hydrogens is 507 g/mol. The second-order valence-electron chi connectivity index (χ2n) is 9.39. The number of hydrogen-bond donors (Lipinski definition) is 2. The van der Waals surface area contributed by atoms with Crippen molar-refractivity contribution in [2.45, 2.75) is 19.5 Å². The van der Waals surface area contributed by atoms with Gasteiger partial charge in [0.15, 0.2) is 0 Å². The van der Waals surface area contributed by atoms with Crippen molar-refractivity contribution >= 4 is 11.6 Å². The average Bonchev–Trinajstić information content (AvgIpc) is 3.30. The Morgan fingerprint density at radius 1 is 1.12 bits per heavy atom. The van der Waals surface area contributed by atoms with Crippen LogP contribution in [-0.2, 0) is 24.3 Å². The molecule has 1 aromatic heterocycles. The molecule has 1 aliphatic rings. The Morgan fingerprint density at radius 2 is 1.93 bits per heavy atom. The molecule has 0 fully saturated rings. The third kappa shape index (κ3) is 5.52. The van der Waals surface area contributed by atoms with Gasteiger partial charge in [0.2, 0.25) is 5.91 Å². The standard InChI is InChI=1S/C31H29FN6O2/c1-34-16-23(14-21-10-12-22(15-33)13-11-21)35-17-31(39)38-20-30-36-27(24-6-3-4-9-29(24)40-2)19-37(30)18-25-26(32)7-5-8-28(25)38/h3-13,16,19,34-35H,14,17-18,20H2,1-2H3/b23-16-. The number of nitrogens with zero attached hydrogens (tertiary/aromatic N) is 4. The van der Waals surface area contributed by atoms with E-state index in [-0.39, 0.29) is 31.4 Å². The SMILES string of the molecule is CN/C=C(/Cc1ccc(C#N)cc1)NCC(=O)N1Cc2nc(-c3ccccc3OC)cn2Cc2c(F)cccc21. The van der Waals surface area contributed by atoms with E-state index in [9.17, 15) is 4.79 Å². The maximum Gasteiger partial charge on any atom is 0.246 e. The number of rotatable bonds is 8. The predicted molar refractivity (Wildman–Crippen MR) is 151 cm³/mol. The molecular formula is C31H29FN6O2. The molecule has 8 nitrogen and oxygen atoms in total. The van der Waals surface area contributed by atoms with Crippen molar-refractivity contribution in [1.29, 1.82) is 5.26 Å². The molecule has 1 aliphatic heterocycles. The van der Waals surface area contributed by atoms with Crippen molar-refractivity contribution in [3.63, 3.8) is 0 Å². The molecule has 5 rings (SSSR count). The fourth-order valence-corrected chi connectivity index (χ4v) is 4.82. The molecule has 9 heteroatoms. The fraction of sp³-hybridized carbons (Fsp3) is 0.194. The van der Waals surface area contributed by atoms with Gasteiger partial charge in [-0.1, -0.05) is 30.3 Å². The van der Waals surface area contributed by atoms with Crippen molar-refractivity contribution < 1.29 is 13.9 Å². The summed E-state index contributed by atoms with van der Waals surface area (Å²) < 4.78 is 22.5. The number of aromatic nitrogens is 2. The molecule has 0 spiro atoms. The minimum Gasteiger partial charge on any atom is -0.496 e. The molecule has 0 atom stereocenters. The summed E-state index contributed by atoms with van der Waals surface area (Å²) in [5.41, 5.74) is 4.86. The van der Waals surface area contributed by atoms with E-state index in [4.69, 9.17) is 15.0 Å². The van der Waals surface area contributed by atoms with Gasteiger partial charge in [0.05, 0.1) is 49.8 Å². The van der Waals surface area contributed by atoms with Gasteiger partial charge in [0.1, 0.15) is 17.4 Å². The first kappa shape index (κ1) is 26.5. The fourth-order valence-electron chi connectivity index (χ4n) is 4.82. The first-order chi connectivity index (χ1) is 19.5. The summed E-state index contributed by atoms with van der Waals surface area (Å²) >= 11 is 0. The molecule has 202 valence electrons. The van der Waals surface area contributed by atoms with E-state index in [0.717, 1.165) is 16.8 Å². The van der Waals surface area contributed by atoms with Crippen LogP contribution in [0.25, 0.3) is 11.3 Å². The smallest absolute Gasteiger partial charge is 0.246 e. The molecule has 0 unspecified atom stereocenters. The largest absolute Gasteiger partial charge is 0.496 e. The molecule has 0 saturated heterocycles. The number of benzene rings is 3. The van der Waals surface area contributed by atoms with Gasteiger partial charge in [0.25, 0.3) is 0 Å². The average molecular weight is 537 g/mol. The molecule has 2 heterocycles. The van der Waals surface area contributed by atoms with E-state index in [0.29, 0.717) is 40.5 Å². The molecule has 0 radical (unpaired) electrons. The lowest BCUT2D eigenvalue weighted by molar-refractivity contribution is -0.117. The number of nitriles is 1. The van der Waals surface area contributed by atoms with E-state index < -0.39 is 0 Å². The lowest BCUT2D eigenvalue weighted by atomic mass is 10.1. The lowest BCUT2D eigenvalue weighted by Crippen LogP contribution is -2.38. The van der Waals surface area contributed by atoms with Gasteiger partial charge in [-0.05, 0) is 42.0 Å². The van der Waals surface area contributed by atoms with Crippen LogP contribution in [0.5, 0.6) is 5.75 Å². The van der Waals surface area contributed by atoms with Gasteiger partial charge in [0, 0.05) is 42.7 Å². The zero-order valence-electron chi connectivity index (χ0n) is 22.3. The number of amides is 1. The van der Waals surface area contributed by atoms with E-state index in [1.807, 2.05) is 47.2 Å². The minimum absolute atomic E-state index is 0.000179. The molecule has 0 saturated carbocycles. The highest BCUT2D eigenvalue weighted by Crippen LogP contribution is 2.33. The number of nitrogens with one attached hydrogen (secondary N) is 2. The number of carbonyl (C=O) groups excluding carboxylic acids is 1. The van der Waals surface area contributed by atoms with Crippen LogP contribution in [0.1, 0.15) is 22.5 Å². The van der Waals surface area contributed by atoms with Gasteiger partial charge >= 0.3 is 0 Å². The van der Waals surface area contributed by atoms with Crippen molar-refractivity contribution in [2.75, 3.05) is 25.6 Å². The van der Waals surface area contributed by atoms with E-state index in [2.05, 4.69) is 16.7 Å². The van der Waals surface area contributed by atoms with Crippen LogP contribution < -0.4 is 20.3 Å². The Morgan fingerprint density at radius 3 is 2.67 bits per heavy atom.